The zero-order valence-electron chi connectivity index (χ0n) is 9.81. The predicted molar refractivity (Wildman–Crippen MR) is 61.0 cm³/mol. The summed E-state index contributed by atoms with van der Waals surface area (Å²) in [5.41, 5.74) is 1.15. The predicted octanol–water partition coefficient (Wildman–Crippen LogP) is 0.0118. The first kappa shape index (κ1) is 11.1. The number of likely N-dealkylation sites (N-methyl/N-ethyl adjacent to an activating group) is 1. The van der Waals surface area contributed by atoms with Crippen molar-refractivity contribution >= 4 is 5.91 Å². The lowest BCUT2D eigenvalue weighted by Crippen LogP contribution is -2.37. The van der Waals surface area contributed by atoms with Crippen molar-refractivity contribution in [3.8, 4) is 0 Å². The topological polar surface area (TPSA) is 50.2 Å². The number of aromatic nitrogens is 2. The number of hydrogen-bond acceptors (Lipinski definition) is 3. The number of aryl methyl sites for hydroxylation is 1. The first-order valence-corrected chi connectivity index (χ1v) is 5.66. The molecule has 1 fully saturated rings. The Kier molecular flexibility index (Phi) is 3.24. The minimum absolute atomic E-state index is 0.0133. The van der Waals surface area contributed by atoms with Crippen LogP contribution in [0.4, 0.5) is 0 Å². The maximum absolute atomic E-state index is 11.8. The summed E-state index contributed by atoms with van der Waals surface area (Å²) >= 11 is 0. The first-order chi connectivity index (χ1) is 7.70. The van der Waals surface area contributed by atoms with Gasteiger partial charge in [-0.25, -0.2) is 0 Å². The van der Waals surface area contributed by atoms with Crippen LogP contribution in [-0.4, -0.2) is 46.8 Å². The number of likely N-dealkylation sites (tertiary alicyclic amines) is 1. The van der Waals surface area contributed by atoms with Crippen LogP contribution in [0.25, 0.3) is 0 Å². The van der Waals surface area contributed by atoms with Crippen LogP contribution >= 0.6 is 0 Å². The van der Waals surface area contributed by atoms with Crippen molar-refractivity contribution in [1.29, 1.82) is 0 Å². The van der Waals surface area contributed by atoms with Gasteiger partial charge in [-0.3, -0.25) is 9.48 Å². The molecule has 1 aliphatic heterocycles. The second-order valence-corrected chi connectivity index (χ2v) is 4.24. The van der Waals surface area contributed by atoms with E-state index in [0.29, 0.717) is 0 Å². The molecule has 1 unspecified atom stereocenters. The summed E-state index contributed by atoms with van der Waals surface area (Å²) in [4.78, 5) is 13.7. The smallest absolute Gasteiger partial charge is 0.239 e. The molecular formula is C11H18N4O. The molecule has 1 aliphatic rings. The molecule has 88 valence electrons. The van der Waals surface area contributed by atoms with E-state index in [2.05, 4.69) is 10.4 Å². The van der Waals surface area contributed by atoms with Crippen molar-refractivity contribution in [3.05, 3.63) is 18.0 Å². The van der Waals surface area contributed by atoms with Crippen molar-refractivity contribution in [3.63, 3.8) is 0 Å². The Labute approximate surface area is 95.4 Å². The van der Waals surface area contributed by atoms with Crippen LogP contribution in [0.2, 0.25) is 0 Å². The lowest BCUT2D eigenvalue weighted by Gasteiger charge is -2.16. The fourth-order valence-corrected chi connectivity index (χ4v) is 2.04. The van der Waals surface area contributed by atoms with E-state index in [1.165, 1.54) is 0 Å². The van der Waals surface area contributed by atoms with Gasteiger partial charge < -0.3 is 10.2 Å². The van der Waals surface area contributed by atoms with Crippen LogP contribution in [0.15, 0.2) is 12.4 Å². The van der Waals surface area contributed by atoms with Crippen molar-refractivity contribution in [2.45, 2.75) is 25.9 Å². The van der Waals surface area contributed by atoms with Crippen molar-refractivity contribution in [2.24, 2.45) is 0 Å². The molecule has 0 saturated carbocycles. The van der Waals surface area contributed by atoms with Gasteiger partial charge in [0.2, 0.25) is 5.91 Å². The molecule has 1 atom stereocenters. The van der Waals surface area contributed by atoms with E-state index in [0.717, 1.165) is 31.6 Å². The highest BCUT2D eigenvalue weighted by atomic mass is 16.2. The number of rotatable bonds is 4. The standard InChI is InChI=1S/C11H18N4O/c1-9-7-13-15(8-9)6-5-14-4-3-10(12-2)11(14)16/h7-8,10,12H,3-6H2,1-2H3. The van der Waals surface area contributed by atoms with Crippen LogP contribution in [0.1, 0.15) is 12.0 Å². The molecule has 5 nitrogen and oxygen atoms in total. The Morgan fingerprint density at radius 3 is 2.94 bits per heavy atom. The molecule has 16 heavy (non-hydrogen) atoms. The molecule has 2 rings (SSSR count). The highest BCUT2D eigenvalue weighted by Gasteiger charge is 2.29. The highest BCUT2D eigenvalue weighted by molar-refractivity contribution is 5.83. The van der Waals surface area contributed by atoms with Gasteiger partial charge in [-0.1, -0.05) is 0 Å². The van der Waals surface area contributed by atoms with Crippen LogP contribution in [0.3, 0.4) is 0 Å². The summed E-state index contributed by atoms with van der Waals surface area (Å²) < 4.78 is 1.88. The molecule has 1 saturated heterocycles. The average Bonchev–Trinajstić information content (AvgIpc) is 2.83. The first-order valence-electron chi connectivity index (χ1n) is 5.66. The molecule has 0 aliphatic carbocycles. The number of carbonyl (C=O) groups excluding carboxylic acids is 1. The van der Waals surface area contributed by atoms with Crippen LogP contribution in [-0.2, 0) is 11.3 Å². The van der Waals surface area contributed by atoms with Gasteiger partial charge in [-0.15, -0.1) is 0 Å². The van der Waals surface area contributed by atoms with Gasteiger partial charge in [0.25, 0.3) is 0 Å². The molecule has 1 N–H and O–H groups in total. The minimum atomic E-state index is 0.0133. The van der Waals surface area contributed by atoms with Gasteiger partial charge in [-0.05, 0) is 26.0 Å². The van der Waals surface area contributed by atoms with Gasteiger partial charge in [0.15, 0.2) is 0 Å². The SMILES string of the molecule is CNC1CCN(CCn2cc(C)cn2)C1=O. The fourth-order valence-electron chi connectivity index (χ4n) is 2.04. The van der Waals surface area contributed by atoms with E-state index in [-0.39, 0.29) is 11.9 Å². The Bertz CT molecular complexity index is 374. The lowest BCUT2D eigenvalue weighted by atomic mass is 10.3. The summed E-state index contributed by atoms with van der Waals surface area (Å²) in [7, 11) is 1.84. The van der Waals surface area contributed by atoms with E-state index in [1.807, 2.05) is 35.9 Å². The Hall–Kier alpha value is -1.36. The summed E-state index contributed by atoms with van der Waals surface area (Å²) in [5, 5.41) is 7.24. The zero-order chi connectivity index (χ0) is 11.5. The lowest BCUT2D eigenvalue weighted by molar-refractivity contribution is -0.129. The van der Waals surface area contributed by atoms with E-state index in [4.69, 9.17) is 0 Å². The number of hydrogen-bond donors (Lipinski definition) is 1. The zero-order valence-corrected chi connectivity index (χ0v) is 9.81. The number of nitrogens with zero attached hydrogens (tertiary/aromatic N) is 3. The Balaban J connectivity index is 1.85. The second-order valence-electron chi connectivity index (χ2n) is 4.24. The normalized spacial score (nSPS) is 20.8. The van der Waals surface area contributed by atoms with E-state index in [1.54, 1.807) is 0 Å². The second kappa shape index (κ2) is 4.65. The van der Waals surface area contributed by atoms with Gasteiger partial charge in [0.1, 0.15) is 0 Å². The molecule has 0 spiro atoms. The summed E-state index contributed by atoms with van der Waals surface area (Å²) in [6.07, 6.45) is 4.74. The van der Waals surface area contributed by atoms with Gasteiger partial charge >= 0.3 is 0 Å². The Morgan fingerprint density at radius 1 is 1.56 bits per heavy atom. The maximum atomic E-state index is 11.8. The number of carbonyl (C=O) groups is 1. The maximum Gasteiger partial charge on any atom is 0.239 e. The third-order valence-electron chi connectivity index (χ3n) is 3.01. The molecule has 1 aromatic heterocycles. The molecule has 1 aromatic rings. The quantitative estimate of drug-likeness (QED) is 0.781. The van der Waals surface area contributed by atoms with Crippen molar-refractivity contribution in [2.75, 3.05) is 20.1 Å². The third kappa shape index (κ3) is 2.24. The van der Waals surface area contributed by atoms with Crippen LogP contribution < -0.4 is 5.32 Å². The van der Waals surface area contributed by atoms with Gasteiger partial charge in [0, 0.05) is 19.3 Å². The monoisotopic (exact) mass is 222 g/mol. The van der Waals surface area contributed by atoms with Crippen molar-refractivity contribution < 1.29 is 4.79 Å². The summed E-state index contributed by atoms with van der Waals surface area (Å²) in [6, 6.07) is 0.0133. The molecule has 0 radical (unpaired) electrons. The molecular weight excluding hydrogens is 204 g/mol. The van der Waals surface area contributed by atoms with E-state index < -0.39 is 0 Å². The van der Waals surface area contributed by atoms with E-state index >= 15 is 0 Å². The molecule has 0 bridgehead atoms. The minimum Gasteiger partial charge on any atom is -0.339 e. The molecule has 0 aromatic carbocycles. The summed E-state index contributed by atoms with van der Waals surface area (Å²) in [5.74, 6) is 0.214. The average molecular weight is 222 g/mol. The number of amides is 1. The van der Waals surface area contributed by atoms with Crippen LogP contribution in [0, 0.1) is 6.92 Å². The van der Waals surface area contributed by atoms with Gasteiger partial charge in [0.05, 0.1) is 18.8 Å². The molecule has 2 heterocycles. The number of nitrogens with one attached hydrogen (secondary N) is 1. The van der Waals surface area contributed by atoms with Gasteiger partial charge in [-0.2, -0.15) is 5.10 Å². The Morgan fingerprint density at radius 2 is 2.38 bits per heavy atom. The van der Waals surface area contributed by atoms with Crippen LogP contribution in [0.5, 0.6) is 0 Å². The summed E-state index contributed by atoms with van der Waals surface area (Å²) in [6.45, 7) is 4.39. The molecule has 1 amide bonds. The molecule has 5 heteroatoms. The highest BCUT2D eigenvalue weighted by Crippen LogP contribution is 2.10. The largest absolute Gasteiger partial charge is 0.339 e. The van der Waals surface area contributed by atoms with Crippen molar-refractivity contribution in [1.82, 2.24) is 20.0 Å². The van der Waals surface area contributed by atoms with E-state index in [9.17, 15) is 4.79 Å². The fraction of sp³-hybridized carbons (Fsp3) is 0.636. The third-order valence-corrected chi connectivity index (χ3v) is 3.01.